The lowest BCUT2D eigenvalue weighted by Gasteiger charge is -2.07. The van der Waals surface area contributed by atoms with Crippen LogP contribution in [-0.2, 0) is 10.0 Å². The zero-order valence-electron chi connectivity index (χ0n) is 10.5. The smallest absolute Gasteiger partial charge is 0.243 e. The molecular formula is C11H15BrFN3O3S. The zero-order chi connectivity index (χ0) is 15.2. The standard InChI is InChI=1S/C11H15BrFN3O3S/c12-8-4-5-10(9(13)7-8)20(18,19)15-6-2-1-3-11(14)16-17/h4-5,7,15,17H,1-3,6H2,(H2,14,16). The SMILES string of the molecule is N/C(CCCCNS(=O)(=O)c1ccc(Br)cc1F)=N/O. The average molecular weight is 368 g/mol. The van der Waals surface area contributed by atoms with E-state index in [2.05, 4.69) is 25.8 Å². The molecule has 0 saturated carbocycles. The van der Waals surface area contributed by atoms with Crippen LogP contribution in [0, 0.1) is 5.82 Å². The van der Waals surface area contributed by atoms with E-state index in [-0.39, 0.29) is 12.4 Å². The summed E-state index contributed by atoms with van der Waals surface area (Å²) < 4.78 is 40.1. The first-order chi connectivity index (χ1) is 9.36. The maximum atomic E-state index is 13.6. The van der Waals surface area contributed by atoms with Crippen LogP contribution in [0.3, 0.4) is 0 Å². The van der Waals surface area contributed by atoms with E-state index in [0.29, 0.717) is 23.7 Å². The summed E-state index contributed by atoms with van der Waals surface area (Å²) in [5, 5.41) is 11.1. The number of rotatable bonds is 7. The normalized spacial score (nSPS) is 12.6. The Balaban J connectivity index is 2.54. The van der Waals surface area contributed by atoms with Crippen molar-refractivity contribution in [3.8, 4) is 0 Å². The number of oxime groups is 1. The molecule has 0 aliphatic rings. The van der Waals surface area contributed by atoms with Gasteiger partial charge in [-0.3, -0.25) is 0 Å². The molecule has 9 heteroatoms. The van der Waals surface area contributed by atoms with Crippen LogP contribution in [0.4, 0.5) is 4.39 Å². The Morgan fingerprint density at radius 3 is 2.75 bits per heavy atom. The number of nitrogens with zero attached hydrogens (tertiary/aromatic N) is 1. The van der Waals surface area contributed by atoms with Crippen LogP contribution >= 0.6 is 15.9 Å². The average Bonchev–Trinajstić information content (AvgIpc) is 2.37. The Labute approximate surface area is 125 Å². The third-order valence-corrected chi connectivity index (χ3v) is 4.45. The summed E-state index contributed by atoms with van der Waals surface area (Å²) in [4.78, 5) is -0.392. The van der Waals surface area contributed by atoms with Gasteiger partial charge in [0.15, 0.2) is 0 Å². The topological polar surface area (TPSA) is 105 Å². The fourth-order valence-corrected chi connectivity index (χ4v) is 2.92. The third kappa shape index (κ3) is 5.06. The van der Waals surface area contributed by atoms with Gasteiger partial charge in [-0.25, -0.2) is 17.5 Å². The molecule has 0 aromatic heterocycles. The molecule has 1 rings (SSSR count). The van der Waals surface area contributed by atoms with Gasteiger partial charge in [0.05, 0.1) is 0 Å². The van der Waals surface area contributed by atoms with Gasteiger partial charge in [-0.05, 0) is 31.0 Å². The minimum Gasteiger partial charge on any atom is -0.409 e. The number of amidine groups is 1. The number of hydrogen-bond donors (Lipinski definition) is 3. The fraction of sp³-hybridized carbons (Fsp3) is 0.364. The summed E-state index contributed by atoms with van der Waals surface area (Å²) in [6.07, 6.45) is 1.42. The van der Waals surface area contributed by atoms with Crippen LogP contribution in [0.25, 0.3) is 0 Å². The molecule has 0 spiro atoms. The summed E-state index contributed by atoms with van der Waals surface area (Å²) >= 11 is 3.06. The molecule has 0 fully saturated rings. The second-order valence-corrected chi connectivity index (χ2v) is 6.67. The number of unbranched alkanes of at least 4 members (excludes halogenated alkanes) is 1. The van der Waals surface area contributed by atoms with Gasteiger partial charge in [-0.2, -0.15) is 0 Å². The van der Waals surface area contributed by atoms with E-state index in [4.69, 9.17) is 10.9 Å². The number of nitrogens with two attached hydrogens (primary N) is 1. The molecule has 0 unspecified atom stereocenters. The molecule has 0 bridgehead atoms. The van der Waals surface area contributed by atoms with Gasteiger partial charge in [0.25, 0.3) is 0 Å². The Morgan fingerprint density at radius 2 is 2.15 bits per heavy atom. The third-order valence-electron chi connectivity index (χ3n) is 2.46. The number of sulfonamides is 1. The minimum absolute atomic E-state index is 0.0896. The molecule has 112 valence electrons. The second-order valence-electron chi connectivity index (χ2n) is 4.02. The van der Waals surface area contributed by atoms with E-state index in [9.17, 15) is 12.8 Å². The number of nitrogens with one attached hydrogen (secondary N) is 1. The summed E-state index contributed by atoms with van der Waals surface area (Å²) in [6.45, 7) is 0.149. The first kappa shape index (κ1) is 16.9. The molecule has 1 aromatic carbocycles. The Hall–Kier alpha value is -1.19. The molecular weight excluding hydrogens is 353 g/mol. The Morgan fingerprint density at radius 1 is 1.45 bits per heavy atom. The lowest BCUT2D eigenvalue weighted by molar-refractivity contribution is 0.316. The zero-order valence-corrected chi connectivity index (χ0v) is 12.9. The lowest BCUT2D eigenvalue weighted by Crippen LogP contribution is -2.26. The minimum atomic E-state index is -3.87. The van der Waals surface area contributed by atoms with E-state index >= 15 is 0 Å². The van der Waals surface area contributed by atoms with Crippen molar-refractivity contribution in [2.24, 2.45) is 10.9 Å². The molecule has 0 radical (unpaired) electrons. The summed E-state index contributed by atoms with van der Waals surface area (Å²) in [5.41, 5.74) is 5.27. The van der Waals surface area contributed by atoms with Gasteiger partial charge in [0.1, 0.15) is 16.5 Å². The van der Waals surface area contributed by atoms with E-state index in [1.807, 2.05) is 0 Å². The highest BCUT2D eigenvalue weighted by atomic mass is 79.9. The van der Waals surface area contributed by atoms with Gasteiger partial charge in [0, 0.05) is 17.4 Å². The highest BCUT2D eigenvalue weighted by Gasteiger charge is 2.18. The van der Waals surface area contributed by atoms with E-state index in [1.54, 1.807) is 0 Å². The number of hydrogen-bond acceptors (Lipinski definition) is 4. The van der Waals surface area contributed by atoms with Gasteiger partial charge in [0.2, 0.25) is 10.0 Å². The van der Waals surface area contributed by atoms with Crippen LogP contribution in [0.2, 0.25) is 0 Å². The molecule has 20 heavy (non-hydrogen) atoms. The lowest BCUT2D eigenvalue weighted by atomic mass is 10.2. The quantitative estimate of drug-likeness (QED) is 0.224. The van der Waals surface area contributed by atoms with Crippen molar-refractivity contribution >= 4 is 31.8 Å². The highest BCUT2D eigenvalue weighted by Crippen LogP contribution is 2.19. The molecule has 0 amide bonds. The monoisotopic (exact) mass is 367 g/mol. The maximum absolute atomic E-state index is 13.6. The molecule has 0 heterocycles. The van der Waals surface area contributed by atoms with E-state index < -0.39 is 20.7 Å². The number of halogens is 2. The molecule has 0 aliphatic heterocycles. The largest absolute Gasteiger partial charge is 0.409 e. The molecule has 0 aliphatic carbocycles. The van der Waals surface area contributed by atoms with E-state index in [0.717, 1.165) is 6.07 Å². The van der Waals surface area contributed by atoms with Crippen LogP contribution in [0.5, 0.6) is 0 Å². The van der Waals surface area contributed by atoms with Crippen molar-refractivity contribution < 1.29 is 18.0 Å². The maximum Gasteiger partial charge on any atom is 0.243 e. The van der Waals surface area contributed by atoms with Crippen molar-refractivity contribution in [3.05, 3.63) is 28.5 Å². The Kier molecular flexibility index (Phi) is 6.37. The van der Waals surface area contributed by atoms with Gasteiger partial charge >= 0.3 is 0 Å². The first-order valence-corrected chi connectivity index (χ1v) is 8.05. The molecule has 4 N–H and O–H groups in total. The summed E-state index contributed by atoms with van der Waals surface area (Å²) in [6, 6.07) is 3.74. The van der Waals surface area contributed by atoms with Gasteiger partial charge < -0.3 is 10.9 Å². The van der Waals surface area contributed by atoms with Crippen molar-refractivity contribution in [3.63, 3.8) is 0 Å². The van der Waals surface area contributed by atoms with Gasteiger partial charge in [-0.15, -0.1) is 0 Å². The Bertz CT molecular complexity index is 593. The highest BCUT2D eigenvalue weighted by molar-refractivity contribution is 9.10. The van der Waals surface area contributed by atoms with Crippen LogP contribution < -0.4 is 10.5 Å². The number of benzene rings is 1. The van der Waals surface area contributed by atoms with Crippen molar-refractivity contribution in [2.45, 2.75) is 24.2 Å². The van der Waals surface area contributed by atoms with Crippen LogP contribution in [0.15, 0.2) is 32.7 Å². The van der Waals surface area contributed by atoms with Crippen LogP contribution in [0.1, 0.15) is 19.3 Å². The summed E-state index contributed by atoms with van der Waals surface area (Å²) in [7, 11) is -3.87. The molecule has 1 aromatic rings. The van der Waals surface area contributed by atoms with Crippen molar-refractivity contribution in [1.29, 1.82) is 0 Å². The fourth-order valence-electron chi connectivity index (χ4n) is 1.46. The molecule has 6 nitrogen and oxygen atoms in total. The molecule has 0 atom stereocenters. The van der Waals surface area contributed by atoms with E-state index in [1.165, 1.54) is 12.1 Å². The van der Waals surface area contributed by atoms with Crippen molar-refractivity contribution in [1.82, 2.24) is 4.72 Å². The van der Waals surface area contributed by atoms with Crippen LogP contribution in [-0.4, -0.2) is 26.0 Å². The first-order valence-electron chi connectivity index (χ1n) is 5.78. The second kappa shape index (κ2) is 7.55. The van der Waals surface area contributed by atoms with Gasteiger partial charge in [-0.1, -0.05) is 21.1 Å². The predicted octanol–water partition coefficient (Wildman–Crippen LogP) is 1.78. The predicted molar refractivity (Wildman–Crippen MR) is 76.5 cm³/mol. The molecule has 0 saturated heterocycles. The van der Waals surface area contributed by atoms with Crippen molar-refractivity contribution in [2.75, 3.05) is 6.54 Å². The summed E-state index contributed by atoms with van der Waals surface area (Å²) in [5.74, 6) is -0.727.